The molecule has 1 aromatic heterocycles. The molecule has 5 nitrogen and oxygen atoms in total. The number of benzene rings is 2. The van der Waals surface area contributed by atoms with Crippen molar-refractivity contribution in [2.45, 2.75) is 33.4 Å². The van der Waals surface area contributed by atoms with Crippen molar-refractivity contribution in [1.29, 1.82) is 0 Å². The molecule has 6 heteroatoms. The number of nitrogens with zero attached hydrogens (tertiary/aromatic N) is 2. The first kappa shape index (κ1) is 18.6. The van der Waals surface area contributed by atoms with Crippen LogP contribution in [0.4, 0.5) is 9.18 Å². The standard InChI is InChI=1S/C21H23FN4O/c1-14(18-11-7-8-12-20(18)22)24-21(27)23-13-19-15(2)25-26(16(19)3)17-9-5-4-6-10-17/h4-12,14H,13H2,1-3H3,(H2,23,24,27). The fourth-order valence-electron chi connectivity index (χ4n) is 3.07. The highest BCUT2D eigenvalue weighted by molar-refractivity contribution is 5.74. The summed E-state index contributed by atoms with van der Waals surface area (Å²) in [7, 11) is 0. The summed E-state index contributed by atoms with van der Waals surface area (Å²) in [5, 5.41) is 10.2. The molecule has 27 heavy (non-hydrogen) atoms. The first-order valence-electron chi connectivity index (χ1n) is 8.86. The van der Waals surface area contributed by atoms with Crippen LogP contribution in [0.3, 0.4) is 0 Å². The van der Waals surface area contributed by atoms with Crippen molar-refractivity contribution >= 4 is 6.03 Å². The van der Waals surface area contributed by atoms with Gasteiger partial charge in [-0.2, -0.15) is 5.10 Å². The van der Waals surface area contributed by atoms with Gasteiger partial charge in [0.1, 0.15) is 5.82 Å². The van der Waals surface area contributed by atoms with Gasteiger partial charge in [-0.25, -0.2) is 13.9 Å². The Morgan fingerprint density at radius 2 is 1.78 bits per heavy atom. The number of aromatic nitrogens is 2. The van der Waals surface area contributed by atoms with Crippen LogP contribution in [0.1, 0.15) is 35.5 Å². The Bertz CT molecular complexity index is 937. The summed E-state index contributed by atoms with van der Waals surface area (Å²) in [6.07, 6.45) is 0. The zero-order valence-electron chi connectivity index (χ0n) is 15.7. The maximum Gasteiger partial charge on any atom is 0.315 e. The minimum Gasteiger partial charge on any atom is -0.334 e. The lowest BCUT2D eigenvalue weighted by atomic mass is 10.1. The number of urea groups is 1. The van der Waals surface area contributed by atoms with E-state index in [9.17, 15) is 9.18 Å². The highest BCUT2D eigenvalue weighted by Crippen LogP contribution is 2.18. The number of hydrogen-bond acceptors (Lipinski definition) is 2. The minimum atomic E-state index is -0.430. The van der Waals surface area contributed by atoms with Crippen LogP contribution in [0.25, 0.3) is 5.69 Å². The second kappa shape index (κ2) is 8.03. The summed E-state index contributed by atoms with van der Waals surface area (Å²) in [5.41, 5.74) is 4.23. The Labute approximate surface area is 158 Å². The average molecular weight is 366 g/mol. The van der Waals surface area contributed by atoms with Gasteiger partial charge in [-0.15, -0.1) is 0 Å². The van der Waals surface area contributed by atoms with Gasteiger partial charge in [-0.05, 0) is 39.0 Å². The minimum absolute atomic E-state index is 0.332. The van der Waals surface area contributed by atoms with Gasteiger partial charge in [0, 0.05) is 23.4 Å². The Kier molecular flexibility index (Phi) is 5.54. The monoisotopic (exact) mass is 366 g/mol. The highest BCUT2D eigenvalue weighted by Gasteiger charge is 2.16. The van der Waals surface area contributed by atoms with Crippen molar-refractivity contribution in [2.24, 2.45) is 0 Å². The number of hydrogen-bond donors (Lipinski definition) is 2. The molecule has 0 fully saturated rings. The van der Waals surface area contributed by atoms with Crippen LogP contribution in [-0.2, 0) is 6.54 Å². The van der Waals surface area contributed by atoms with Crippen molar-refractivity contribution < 1.29 is 9.18 Å². The van der Waals surface area contributed by atoms with E-state index in [1.54, 1.807) is 25.1 Å². The number of carbonyl (C=O) groups is 1. The summed E-state index contributed by atoms with van der Waals surface area (Å²) in [4.78, 5) is 12.2. The summed E-state index contributed by atoms with van der Waals surface area (Å²) in [5.74, 6) is -0.332. The molecule has 0 spiro atoms. The van der Waals surface area contributed by atoms with E-state index in [-0.39, 0.29) is 11.8 Å². The first-order chi connectivity index (χ1) is 13.0. The number of amides is 2. The third kappa shape index (κ3) is 4.16. The smallest absolute Gasteiger partial charge is 0.315 e. The van der Waals surface area contributed by atoms with Crippen molar-refractivity contribution in [2.75, 3.05) is 0 Å². The predicted molar refractivity (Wildman–Crippen MR) is 103 cm³/mol. The molecule has 1 atom stereocenters. The van der Waals surface area contributed by atoms with Gasteiger partial charge < -0.3 is 10.6 Å². The summed E-state index contributed by atoms with van der Waals surface area (Å²) in [6, 6.07) is 15.5. The van der Waals surface area contributed by atoms with Gasteiger partial charge in [-0.3, -0.25) is 0 Å². The lowest BCUT2D eigenvalue weighted by molar-refractivity contribution is 0.237. The summed E-state index contributed by atoms with van der Waals surface area (Å²) in [6.45, 7) is 6.00. The molecular weight excluding hydrogens is 343 g/mol. The number of rotatable bonds is 5. The third-order valence-electron chi connectivity index (χ3n) is 4.59. The van der Waals surface area contributed by atoms with E-state index >= 15 is 0 Å². The molecule has 3 rings (SSSR count). The number of halogens is 1. The zero-order valence-corrected chi connectivity index (χ0v) is 15.7. The molecular formula is C21H23FN4O. The molecule has 2 N–H and O–H groups in total. The molecule has 0 radical (unpaired) electrons. The normalized spacial score (nSPS) is 11.9. The zero-order chi connectivity index (χ0) is 19.4. The molecule has 140 valence electrons. The predicted octanol–water partition coefficient (Wildman–Crippen LogP) is 4.19. The van der Waals surface area contributed by atoms with Crippen molar-refractivity contribution in [3.63, 3.8) is 0 Å². The fourth-order valence-corrected chi connectivity index (χ4v) is 3.07. The molecule has 0 aliphatic rings. The molecule has 0 aliphatic heterocycles. The molecule has 1 unspecified atom stereocenters. The van der Waals surface area contributed by atoms with Gasteiger partial charge in [0.15, 0.2) is 0 Å². The third-order valence-corrected chi connectivity index (χ3v) is 4.59. The number of carbonyl (C=O) groups excluding carboxylic acids is 1. The number of para-hydroxylation sites is 1. The van der Waals surface area contributed by atoms with Gasteiger partial charge >= 0.3 is 6.03 Å². The van der Waals surface area contributed by atoms with Gasteiger partial charge in [0.2, 0.25) is 0 Å². The van der Waals surface area contributed by atoms with Crippen molar-refractivity contribution in [1.82, 2.24) is 20.4 Å². The van der Waals surface area contributed by atoms with Gasteiger partial charge in [0.25, 0.3) is 0 Å². The number of nitrogens with one attached hydrogen (secondary N) is 2. The molecule has 3 aromatic rings. The van der Waals surface area contributed by atoms with Crippen LogP contribution >= 0.6 is 0 Å². The average Bonchev–Trinajstić information content (AvgIpc) is 2.95. The maximum absolute atomic E-state index is 13.8. The largest absolute Gasteiger partial charge is 0.334 e. The van der Waals surface area contributed by atoms with Crippen LogP contribution in [0, 0.1) is 19.7 Å². The molecule has 2 amide bonds. The first-order valence-corrected chi connectivity index (χ1v) is 8.86. The van der Waals surface area contributed by atoms with Crippen LogP contribution < -0.4 is 10.6 Å². The van der Waals surface area contributed by atoms with Crippen LogP contribution in [0.15, 0.2) is 54.6 Å². The second-order valence-corrected chi connectivity index (χ2v) is 6.47. The van der Waals surface area contributed by atoms with E-state index in [0.717, 1.165) is 22.6 Å². The molecule has 1 heterocycles. The molecule has 0 bridgehead atoms. The molecule has 2 aromatic carbocycles. The van der Waals surface area contributed by atoms with E-state index in [4.69, 9.17) is 0 Å². The topological polar surface area (TPSA) is 59.0 Å². The van der Waals surface area contributed by atoms with Crippen LogP contribution in [0.2, 0.25) is 0 Å². The van der Waals surface area contributed by atoms with E-state index in [1.165, 1.54) is 6.07 Å². The lowest BCUT2D eigenvalue weighted by Gasteiger charge is -2.16. The maximum atomic E-state index is 13.8. The summed E-state index contributed by atoms with van der Waals surface area (Å²) < 4.78 is 15.7. The quantitative estimate of drug-likeness (QED) is 0.711. The Balaban J connectivity index is 1.66. The Morgan fingerprint density at radius 1 is 1.11 bits per heavy atom. The van der Waals surface area contributed by atoms with Gasteiger partial charge in [-0.1, -0.05) is 36.4 Å². The van der Waals surface area contributed by atoms with Crippen molar-refractivity contribution in [3.05, 3.63) is 82.9 Å². The highest BCUT2D eigenvalue weighted by atomic mass is 19.1. The summed E-state index contributed by atoms with van der Waals surface area (Å²) >= 11 is 0. The SMILES string of the molecule is Cc1nn(-c2ccccc2)c(C)c1CNC(=O)NC(C)c1ccccc1F. The molecule has 0 saturated heterocycles. The van der Waals surface area contributed by atoms with Crippen molar-refractivity contribution in [3.8, 4) is 5.69 Å². The Hall–Kier alpha value is -3.15. The van der Waals surface area contributed by atoms with Crippen LogP contribution in [0.5, 0.6) is 0 Å². The molecule has 0 aliphatic carbocycles. The lowest BCUT2D eigenvalue weighted by Crippen LogP contribution is -2.37. The van der Waals surface area contributed by atoms with E-state index < -0.39 is 6.04 Å². The molecule has 0 saturated carbocycles. The Morgan fingerprint density at radius 3 is 2.48 bits per heavy atom. The number of aryl methyl sites for hydroxylation is 1. The fraction of sp³-hybridized carbons (Fsp3) is 0.238. The second-order valence-electron chi connectivity index (χ2n) is 6.47. The van der Waals surface area contributed by atoms with E-state index in [1.807, 2.05) is 48.9 Å². The van der Waals surface area contributed by atoms with E-state index in [0.29, 0.717) is 12.1 Å². The van der Waals surface area contributed by atoms with Crippen LogP contribution in [-0.4, -0.2) is 15.8 Å². The van der Waals surface area contributed by atoms with Gasteiger partial charge in [0.05, 0.1) is 17.4 Å². The van der Waals surface area contributed by atoms with E-state index in [2.05, 4.69) is 15.7 Å².